The van der Waals surface area contributed by atoms with Crippen LogP contribution in [0.5, 0.6) is 11.5 Å². The second-order valence-electron chi connectivity index (χ2n) is 4.60. The number of benzene rings is 1. The van der Waals surface area contributed by atoms with Gasteiger partial charge in [-0.1, -0.05) is 13.3 Å². The SMILES string of the molecule is CCCC1CNc2c(cc(OC)cc2OC)C1. The minimum absolute atomic E-state index is 0.726. The summed E-state index contributed by atoms with van der Waals surface area (Å²) < 4.78 is 10.7. The maximum atomic E-state index is 5.41. The molecule has 1 aliphatic rings. The first-order valence-electron chi connectivity index (χ1n) is 6.27. The molecule has 0 amide bonds. The average Bonchev–Trinajstić information content (AvgIpc) is 2.37. The number of hydrogen-bond donors (Lipinski definition) is 1. The number of ether oxygens (including phenoxy) is 2. The third-order valence-electron chi connectivity index (χ3n) is 3.39. The molecule has 1 N–H and O–H groups in total. The largest absolute Gasteiger partial charge is 0.497 e. The van der Waals surface area contributed by atoms with E-state index in [1.165, 1.54) is 18.4 Å². The van der Waals surface area contributed by atoms with Crippen molar-refractivity contribution in [1.29, 1.82) is 0 Å². The van der Waals surface area contributed by atoms with Crippen molar-refractivity contribution in [2.24, 2.45) is 5.92 Å². The Labute approximate surface area is 103 Å². The predicted molar refractivity (Wildman–Crippen MR) is 70.1 cm³/mol. The monoisotopic (exact) mass is 235 g/mol. The Morgan fingerprint density at radius 1 is 1.29 bits per heavy atom. The van der Waals surface area contributed by atoms with Crippen molar-refractivity contribution in [2.75, 3.05) is 26.1 Å². The topological polar surface area (TPSA) is 30.5 Å². The molecule has 0 saturated carbocycles. The van der Waals surface area contributed by atoms with Gasteiger partial charge in [0.05, 0.1) is 19.9 Å². The lowest BCUT2D eigenvalue weighted by Crippen LogP contribution is -2.23. The molecule has 3 heteroatoms. The van der Waals surface area contributed by atoms with Gasteiger partial charge in [0, 0.05) is 12.6 Å². The van der Waals surface area contributed by atoms with Gasteiger partial charge in [0.25, 0.3) is 0 Å². The van der Waals surface area contributed by atoms with Crippen LogP contribution in [0.2, 0.25) is 0 Å². The third kappa shape index (κ3) is 2.48. The zero-order valence-corrected chi connectivity index (χ0v) is 10.9. The Morgan fingerprint density at radius 3 is 2.76 bits per heavy atom. The van der Waals surface area contributed by atoms with Gasteiger partial charge in [-0.25, -0.2) is 0 Å². The zero-order chi connectivity index (χ0) is 12.3. The molecule has 0 spiro atoms. The molecule has 0 saturated heterocycles. The minimum atomic E-state index is 0.726. The third-order valence-corrected chi connectivity index (χ3v) is 3.39. The highest BCUT2D eigenvalue weighted by atomic mass is 16.5. The molecule has 1 aromatic rings. The molecule has 0 radical (unpaired) electrons. The van der Waals surface area contributed by atoms with Crippen molar-refractivity contribution in [3.05, 3.63) is 17.7 Å². The average molecular weight is 235 g/mol. The van der Waals surface area contributed by atoms with Crippen molar-refractivity contribution in [3.8, 4) is 11.5 Å². The summed E-state index contributed by atoms with van der Waals surface area (Å²) in [5.74, 6) is 2.48. The van der Waals surface area contributed by atoms with Gasteiger partial charge >= 0.3 is 0 Å². The van der Waals surface area contributed by atoms with E-state index in [4.69, 9.17) is 9.47 Å². The van der Waals surface area contributed by atoms with Crippen LogP contribution in [0.1, 0.15) is 25.3 Å². The number of fused-ring (bicyclic) bond motifs is 1. The molecule has 1 aliphatic heterocycles. The number of nitrogens with one attached hydrogen (secondary N) is 1. The van der Waals surface area contributed by atoms with Gasteiger partial charge in [0.2, 0.25) is 0 Å². The van der Waals surface area contributed by atoms with Gasteiger partial charge < -0.3 is 14.8 Å². The highest BCUT2D eigenvalue weighted by Crippen LogP contribution is 2.38. The summed E-state index contributed by atoms with van der Waals surface area (Å²) in [5, 5.41) is 3.49. The summed E-state index contributed by atoms with van der Waals surface area (Å²) in [4.78, 5) is 0. The van der Waals surface area contributed by atoms with E-state index in [1.54, 1.807) is 14.2 Å². The number of anilines is 1. The fraction of sp³-hybridized carbons (Fsp3) is 0.571. The molecule has 0 aromatic heterocycles. The minimum Gasteiger partial charge on any atom is -0.497 e. The first kappa shape index (κ1) is 12.1. The maximum absolute atomic E-state index is 5.41. The predicted octanol–water partition coefficient (Wildman–Crippen LogP) is 3.09. The fourth-order valence-corrected chi connectivity index (χ4v) is 2.53. The lowest BCUT2D eigenvalue weighted by Gasteiger charge is -2.27. The van der Waals surface area contributed by atoms with E-state index in [9.17, 15) is 0 Å². The smallest absolute Gasteiger partial charge is 0.145 e. The lowest BCUT2D eigenvalue weighted by atomic mass is 9.90. The van der Waals surface area contributed by atoms with E-state index in [1.807, 2.05) is 6.07 Å². The lowest BCUT2D eigenvalue weighted by molar-refractivity contribution is 0.390. The van der Waals surface area contributed by atoms with Gasteiger partial charge in [-0.2, -0.15) is 0 Å². The Bertz CT molecular complexity index is 390. The summed E-state index contributed by atoms with van der Waals surface area (Å²) in [6.07, 6.45) is 3.62. The molecule has 1 aromatic carbocycles. The van der Waals surface area contributed by atoms with Gasteiger partial charge in [-0.05, 0) is 30.4 Å². The molecular weight excluding hydrogens is 214 g/mol. The van der Waals surface area contributed by atoms with Crippen LogP contribution < -0.4 is 14.8 Å². The van der Waals surface area contributed by atoms with E-state index < -0.39 is 0 Å². The summed E-state index contributed by atoms with van der Waals surface area (Å²) >= 11 is 0. The van der Waals surface area contributed by atoms with E-state index in [0.29, 0.717) is 0 Å². The number of rotatable bonds is 4. The zero-order valence-electron chi connectivity index (χ0n) is 10.9. The number of hydrogen-bond acceptors (Lipinski definition) is 3. The van der Waals surface area contributed by atoms with Crippen LogP contribution in [-0.4, -0.2) is 20.8 Å². The molecule has 2 rings (SSSR count). The molecule has 0 bridgehead atoms. The van der Waals surface area contributed by atoms with Crippen LogP contribution in [0.15, 0.2) is 12.1 Å². The molecule has 3 nitrogen and oxygen atoms in total. The van der Waals surface area contributed by atoms with Crippen molar-refractivity contribution < 1.29 is 9.47 Å². The first-order chi connectivity index (χ1) is 8.28. The Hall–Kier alpha value is -1.38. The molecule has 0 fully saturated rings. The van der Waals surface area contributed by atoms with Crippen LogP contribution in [0, 0.1) is 5.92 Å². The molecule has 1 atom stereocenters. The van der Waals surface area contributed by atoms with Crippen LogP contribution in [0.3, 0.4) is 0 Å². The van der Waals surface area contributed by atoms with Gasteiger partial charge in [0.1, 0.15) is 11.5 Å². The molecule has 1 heterocycles. The first-order valence-corrected chi connectivity index (χ1v) is 6.27. The molecule has 0 aliphatic carbocycles. The van der Waals surface area contributed by atoms with Crippen LogP contribution in [0.4, 0.5) is 5.69 Å². The second kappa shape index (κ2) is 5.30. The van der Waals surface area contributed by atoms with Crippen LogP contribution in [-0.2, 0) is 6.42 Å². The van der Waals surface area contributed by atoms with E-state index in [0.717, 1.165) is 36.1 Å². The normalized spacial score (nSPS) is 18.2. The summed E-state index contributed by atoms with van der Waals surface area (Å²) in [5.41, 5.74) is 2.45. The van der Waals surface area contributed by atoms with E-state index in [-0.39, 0.29) is 0 Å². The quantitative estimate of drug-likeness (QED) is 0.870. The molecule has 1 unspecified atom stereocenters. The highest BCUT2D eigenvalue weighted by Gasteiger charge is 2.21. The van der Waals surface area contributed by atoms with Gasteiger partial charge in [-0.15, -0.1) is 0 Å². The Kier molecular flexibility index (Phi) is 3.77. The molecular formula is C14H21NO2. The Morgan fingerprint density at radius 2 is 2.12 bits per heavy atom. The molecule has 17 heavy (non-hydrogen) atoms. The fourth-order valence-electron chi connectivity index (χ4n) is 2.53. The van der Waals surface area contributed by atoms with E-state index in [2.05, 4.69) is 18.3 Å². The van der Waals surface area contributed by atoms with Gasteiger partial charge in [-0.3, -0.25) is 0 Å². The summed E-state index contributed by atoms with van der Waals surface area (Å²) in [7, 11) is 3.40. The van der Waals surface area contributed by atoms with Crippen molar-refractivity contribution in [3.63, 3.8) is 0 Å². The summed E-state index contributed by atoms with van der Waals surface area (Å²) in [6, 6.07) is 4.05. The van der Waals surface area contributed by atoms with Crippen molar-refractivity contribution in [2.45, 2.75) is 26.2 Å². The highest BCUT2D eigenvalue weighted by molar-refractivity contribution is 5.66. The van der Waals surface area contributed by atoms with Crippen LogP contribution >= 0.6 is 0 Å². The van der Waals surface area contributed by atoms with Crippen LogP contribution in [0.25, 0.3) is 0 Å². The maximum Gasteiger partial charge on any atom is 0.145 e. The van der Waals surface area contributed by atoms with Crippen molar-refractivity contribution >= 4 is 5.69 Å². The molecule has 94 valence electrons. The second-order valence-corrected chi connectivity index (χ2v) is 4.60. The number of methoxy groups -OCH3 is 2. The van der Waals surface area contributed by atoms with E-state index >= 15 is 0 Å². The Balaban J connectivity index is 2.29. The standard InChI is InChI=1S/C14H21NO2/c1-4-5-10-6-11-7-12(16-2)8-13(17-3)14(11)15-9-10/h7-8,10,15H,4-6,9H2,1-3H3. The van der Waals surface area contributed by atoms with Crippen molar-refractivity contribution in [1.82, 2.24) is 0 Å². The summed E-state index contributed by atoms with van der Waals surface area (Å²) in [6.45, 7) is 3.28. The van der Waals surface area contributed by atoms with Gasteiger partial charge in [0.15, 0.2) is 0 Å².